The monoisotopic (exact) mass is 322 g/mol. The highest BCUT2D eigenvalue weighted by Gasteiger charge is 2.20. The van der Waals surface area contributed by atoms with E-state index in [0.29, 0.717) is 26.0 Å². The average Bonchev–Trinajstić information content (AvgIpc) is 2.72. The highest BCUT2D eigenvalue weighted by Crippen LogP contribution is 2.35. The first-order chi connectivity index (χ1) is 8.60. The number of thioether (sulfide) groups is 1. The Hall–Kier alpha value is -0.0900. The van der Waals surface area contributed by atoms with Gasteiger partial charge in [-0.1, -0.05) is 59.9 Å². The summed E-state index contributed by atoms with van der Waals surface area (Å²) >= 11 is 19.8. The third kappa shape index (κ3) is 3.47. The minimum Gasteiger partial charge on any atom is -0.333 e. The Morgan fingerprint density at radius 3 is 2.61 bits per heavy atom. The van der Waals surface area contributed by atoms with E-state index in [1.807, 2.05) is 0 Å². The molecule has 1 aromatic rings. The Morgan fingerprint density at radius 1 is 1.33 bits per heavy atom. The van der Waals surface area contributed by atoms with Crippen molar-refractivity contribution in [3.8, 4) is 0 Å². The van der Waals surface area contributed by atoms with Gasteiger partial charge in [0.15, 0.2) is 5.17 Å². The first-order valence-corrected chi connectivity index (χ1v) is 7.74. The second-order valence-corrected chi connectivity index (χ2v) is 6.58. The lowest BCUT2D eigenvalue weighted by molar-refractivity contribution is 0.754. The number of hydrogen-bond acceptors (Lipinski definition) is 3. The van der Waals surface area contributed by atoms with Crippen LogP contribution in [0.3, 0.4) is 0 Å². The molecule has 0 radical (unpaired) electrons. The van der Waals surface area contributed by atoms with Crippen molar-refractivity contribution < 1.29 is 0 Å². The van der Waals surface area contributed by atoms with Gasteiger partial charge in [0.05, 0.1) is 22.3 Å². The Morgan fingerprint density at radius 2 is 2.00 bits per heavy atom. The molecule has 0 aromatic heterocycles. The fourth-order valence-electron chi connectivity index (χ4n) is 1.73. The predicted octanol–water partition coefficient (Wildman–Crippen LogP) is 5.33. The number of rotatable bonds is 3. The number of anilines is 1. The van der Waals surface area contributed by atoms with Gasteiger partial charge in [-0.25, -0.2) is 0 Å². The first-order valence-electron chi connectivity index (χ1n) is 5.72. The van der Waals surface area contributed by atoms with Crippen LogP contribution in [-0.2, 0) is 0 Å². The molecule has 1 heterocycles. The van der Waals surface area contributed by atoms with Crippen LogP contribution in [0, 0.1) is 0 Å². The summed E-state index contributed by atoms with van der Waals surface area (Å²) in [6, 6.07) is 3.34. The standard InChI is InChI=1S/C12H13Cl3N2S/c1-2-3-8-6-16-12(18-8)17-11-9(14)4-7(13)5-10(11)15/h4-5,8H,2-3,6H2,1H3,(H,16,17). The van der Waals surface area contributed by atoms with Crippen LogP contribution >= 0.6 is 46.6 Å². The third-order valence-electron chi connectivity index (χ3n) is 2.57. The van der Waals surface area contributed by atoms with Gasteiger partial charge in [0.2, 0.25) is 0 Å². The lowest BCUT2D eigenvalue weighted by Gasteiger charge is -2.11. The Kier molecular flexibility index (Phi) is 5.07. The van der Waals surface area contributed by atoms with Gasteiger partial charge in [-0.3, -0.25) is 4.99 Å². The second kappa shape index (κ2) is 6.38. The minimum atomic E-state index is 0.509. The van der Waals surface area contributed by atoms with Crippen LogP contribution < -0.4 is 5.32 Å². The molecule has 18 heavy (non-hydrogen) atoms. The van der Waals surface area contributed by atoms with E-state index < -0.39 is 0 Å². The van der Waals surface area contributed by atoms with E-state index in [9.17, 15) is 0 Å². The fourth-order valence-corrected chi connectivity index (χ4v) is 3.77. The highest BCUT2D eigenvalue weighted by molar-refractivity contribution is 8.15. The van der Waals surface area contributed by atoms with Crippen LogP contribution in [0.4, 0.5) is 5.69 Å². The molecule has 2 nitrogen and oxygen atoms in total. The third-order valence-corrected chi connectivity index (χ3v) is 4.55. The molecule has 1 aliphatic rings. The minimum absolute atomic E-state index is 0.509. The Balaban J connectivity index is 2.07. The van der Waals surface area contributed by atoms with Crippen molar-refractivity contribution >= 4 is 57.4 Å². The van der Waals surface area contributed by atoms with E-state index >= 15 is 0 Å². The predicted molar refractivity (Wildman–Crippen MR) is 83.7 cm³/mol. The number of amidine groups is 1. The van der Waals surface area contributed by atoms with E-state index in [4.69, 9.17) is 34.8 Å². The van der Waals surface area contributed by atoms with E-state index in [-0.39, 0.29) is 0 Å². The first kappa shape index (κ1) is 14.3. The number of halogens is 3. The molecule has 0 fully saturated rings. The van der Waals surface area contributed by atoms with Crippen molar-refractivity contribution in [2.75, 3.05) is 11.9 Å². The zero-order valence-corrected chi connectivity index (χ0v) is 12.9. The van der Waals surface area contributed by atoms with Crippen LogP contribution in [0.2, 0.25) is 15.1 Å². The number of aliphatic imine (C=N–C) groups is 1. The van der Waals surface area contributed by atoms with Crippen molar-refractivity contribution in [2.24, 2.45) is 4.99 Å². The summed E-state index contributed by atoms with van der Waals surface area (Å²) in [6.07, 6.45) is 2.34. The summed E-state index contributed by atoms with van der Waals surface area (Å²) in [4.78, 5) is 4.45. The molecule has 1 aromatic carbocycles. The van der Waals surface area contributed by atoms with Gasteiger partial charge >= 0.3 is 0 Å². The molecule has 98 valence electrons. The molecule has 2 rings (SSSR count). The van der Waals surface area contributed by atoms with Gasteiger partial charge in [0.1, 0.15) is 0 Å². The number of nitrogens with one attached hydrogen (secondary N) is 1. The topological polar surface area (TPSA) is 24.4 Å². The molecule has 6 heteroatoms. The summed E-state index contributed by atoms with van der Waals surface area (Å²) in [5, 5.41) is 6.16. The molecule has 0 aliphatic carbocycles. The summed E-state index contributed by atoms with van der Waals surface area (Å²) in [7, 11) is 0. The fraction of sp³-hybridized carbons (Fsp3) is 0.417. The SMILES string of the molecule is CCCC1CN=C(Nc2c(Cl)cc(Cl)cc2Cl)S1. The molecule has 1 atom stereocenters. The summed E-state index contributed by atoms with van der Waals surface area (Å²) < 4.78 is 0. The van der Waals surface area contributed by atoms with Crippen LogP contribution in [0.1, 0.15) is 19.8 Å². The quantitative estimate of drug-likeness (QED) is 0.813. The van der Waals surface area contributed by atoms with Crippen LogP contribution in [-0.4, -0.2) is 17.0 Å². The average molecular weight is 324 g/mol. The molecule has 0 bridgehead atoms. The van der Waals surface area contributed by atoms with E-state index in [0.717, 1.165) is 11.7 Å². The van der Waals surface area contributed by atoms with E-state index in [1.54, 1.807) is 23.9 Å². The van der Waals surface area contributed by atoms with E-state index in [2.05, 4.69) is 17.2 Å². The number of benzene rings is 1. The molecule has 1 unspecified atom stereocenters. The number of hydrogen-bond donors (Lipinski definition) is 1. The summed E-state index contributed by atoms with van der Waals surface area (Å²) in [6.45, 7) is 3.03. The Labute approximate surface area is 126 Å². The molecule has 0 saturated carbocycles. The van der Waals surface area contributed by atoms with Crippen LogP contribution in [0.15, 0.2) is 17.1 Å². The lowest BCUT2D eigenvalue weighted by Crippen LogP contribution is -2.08. The maximum atomic E-state index is 6.12. The smallest absolute Gasteiger partial charge is 0.161 e. The molecular formula is C12H13Cl3N2S. The van der Waals surface area contributed by atoms with Gasteiger partial charge < -0.3 is 5.32 Å². The van der Waals surface area contributed by atoms with Gasteiger partial charge in [-0.05, 0) is 18.6 Å². The summed E-state index contributed by atoms with van der Waals surface area (Å²) in [5.74, 6) is 0. The maximum Gasteiger partial charge on any atom is 0.161 e. The zero-order valence-electron chi connectivity index (χ0n) is 9.84. The highest BCUT2D eigenvalue weighted by atomic mass is 35.5. The van der Waals surface area contributed by atoms with Gasteiger partial charge in [0.25, 0.3) is 0 Å². The van der Waals surface area contributed by atoms with Crippen molar-refractivity contribution in [1.29, 1.82) is 0 Å². The second-order valence-electron chi connectivity index (χ2n) is 4.04. The summed E-state index contributed by atoms with van der Waals surface area (Å²) in [5.41, 5.74) is 0.672. The maximum absolute atomic E-state index is 6.12. The van der Waals surface area contributed by atoms with Gasteiger partial charge in [0, 0.05) is 10.3 Å². The van der Waals surface area contributed by atoms with Crippen LogP contribution in [0.5, 0.6) is 0 Å². The van der Waals surface area contributed by atoms with Gasteiger partial charge in [-0.2, -0.15) is 0 Å². The van der Waals surface area contributed by atoms with Crippen molar-refractivity contribution in [3.05, 3.63) is 27.2 Å². The molecular weight excluding hydrogens is 311 g/mol. The van der Waals surface area contributed by atoms with Crippen molar-refractivity contribution in [2.45, 2.75) is 25.0 Å². The van der Waals surface area contributed by atoms with Crippen molar-refractivity contribution in [3.63, 3.8) is 0 Å². The lowest BCUT2D eigenvalue weighted by atomic mass is 10.2. The molecule has 0 spiro atoms. The molecule has 0 saturated heterocycles. The van der Waals surface area contributed by atoms with Crippen LogP contribution in [0.25, 0.3) is 0 Å². The van der Waals surface area contributed by atoms with E-state index in [1.165, 1.54) is 12.8 Å². The van der Waals surface area contributed by atoms with Gasteiger partial charge in [-0.15, -0.1) is 0 Å². The molecule has 1 N–H and O–H groups in total. The molecule has 1 aliphatic heterocycles. The zero-order chi connectivity index (χ0) is 13.1. The largest absolute Gasteiger partial charge is 0.333 e. The number of nitrogens with zero attached hydrogens (tertiary/aromatic N) is 1. The normalized spacial score (nSPS) is 18.9. The van der Waals surface area contributed by atoms with Crippen molar-refractivity contribution in [1.82, 2.24) is 0 Å². The molecule has 0 amide bonds. The Bertz CT molecular complexity index is 453.